The fourth-order valence-electron chi connectivity index (χ4n) is 1.59. The number of rotatable bonds is 3. The molecule has 0 bridgehead atoms. The van der Waals surface area contributed by atoms with Gasteiger partial charge < -0.3 is 10.5 Å². The Balaban J connectivity index is 2.78. The van der Waals surface area contributed by atoms with Crippen molar-refractivity contribution in [2.24, 2.45) is 5.73 Å². The Bertz CT molecular complexity index is 401. The van der Waals surface area contributed by atoms with E-state index in [1.165, 1.54) is 5.56 Å². The molecule has 3 nitrogen and oxygen atoms in total. The fourth-order valence-corrected chi connectivity index (χ4v) is 1.59. The van der Waals surface area contributed by atoms with Crippen LogP contribution in [-0.2, 0) is 9.53 Å². The first-order valence-electron chi connectivity index (χ1n) is 6.29. The minimum Gasteiger partial charge on any atom is -0.459 e. The van der Waals surface area contributed by atoms with Crippen LogP contribution in [0.4, 0.5) is 0 Å². The number of esters is 1. The average molecular weight is 249 g/mol. The maximum absolute atomic E-state index is 11.8. The molecule has 0 amide bonds. The summed E-state index contributed by atoms with van der Waals surface area (Å²) in [5, 5.41) is 0. The summed E-state index contributed by atoms with van der Waals surface area (Å²) in [4.78, 5) is 11.8. The quantitative estimate of drug-likeness (QED) is 0.837. The van der Waals surface area contributed by atoms with Crippen molar-refractivity contribution in [3.05, 3.63) is 35.4 Å². The van der Waals surface area contributed by atoms with Gasteiger partial charge in [-0.1, -0.05) is 38.1 Å². The van der Waals surface area contributed by atoms with Crippen LogP contribution >= 0.6 is 0 Å². The Morgan fingerprint density at radius 3 is 1.94 bits per heavy atom. The summed E-state index contributed by atoms with van der Waals surface area (Å²) in [5.41, 5.74) is 7.41. The first-order valence-corrected chi connectivity index (χ1v) is 6.29. The van der Waals surface area contributed by atoms with E-state index >= 15 is 0 Å². The number of nitrogens with two attached hydrogens (primary N) is 1. The van der Waals surface area contributed by atoms with Gasteiger partial charge in [-0.15, -0.1) is 0 Å². The highest BCUT2D eigenvalue weighted by Crippen LogP contribution is 2.20. The van der Waals surface area contributed by atoms with E-state index in [1.807, 2.05) is 45.0 Å². The molecule has 0 aliphatic rings. The third-order valence-electron chi connectivity index (χ3n) is 2.62. The Morgan fingerprint density at radius 1 is 1.11 bits per heavy atom. The lowest BCUT2D eigenvalue weighted by Crippen LogP contribution is -2.31. The zero-order valence-electron chi connectivity index (χ0n) is 11.9. The van der Waals surface area contributed by atoms with Crippen LogP contribution in [-0.4, -0.2) is 11.6 Å². The molecule has 18 heavy (non-hydrogen) atoms. The summed E-state index contributed by atoms with van der Waals surface area (Å²) >= 11 is 0. The van der Waals surface area contributed by atoms with Crippen LogP contribution in [0, 0.1) is 0 Å². The van der Waals surface area contributed by atoms with Gasteiger partial charge in [-0.3, -0.25) is 0 Å². The van der Waals surface area contributed by atoms with Gasteiger partial charge in [0, 0.05) is 0 Å². The molecule has 0 aliphatic carbocycles. The molecule has 0 saturated carbocycles. The lowest BCUT2D eigenvalue weighted by atomic mass is 9.99. The molecule has 1 rings (SSSR count). The second-order valence-corrected chi connectivity index (χ2v) is 5.83. The van der Waals surface area contributed by atoms with Crippen molar-refractivity contribution in [1.82, 2.24) is 0 Å². The number of carbonyl (C=O) groups excluding carboxylic acids is 1. The van der Waals surface area contributed by atoms with E-state index in [0.717, 1.165) is 5.56 Å². The molecule has 0 saturated heterocycles. The number of hydrogen-bond donors (Lipinski definition) is 1. The normalized spacial score (nSPS) is 13.5. The van der Waals surface area contributed by atoms with Crippen LogP contribution in [0.25, 0.3) is 0 Å². The van der Waals surface area contributed by atoms with E-state index in [0.29, 0.717) is 5.92 Å². The van der Waals surface area contributed by atoms with Crippen LogP contribution in [0.15, 0.2) is 24.3 Å². The van der Waals surface area contributed by atoms with Gasteiger partial charge in [0.15, 0.2) is 0 Å². The van der Waals surface area contributed by atoms with E-state index < -0.39 is 11.6 Å². The SMILES string of the molecule is CC(C)c1ccc(C(N)C(=O)OC(C)(C)C)cc1. The molecule has 0 heterocycles. The van der Waals surface area contributed by atoms with E-state index in [2.05, 4.69) is 13.8 Å². The smallest absolute Gasteiger partial charge is 0.328 e. The molecule has 0 aliphatic heterocycles. The molecule has 0 radical (unpaired) electrons. The lowest BCUT2D eigenvalue weighted by Gasteiger charge is -2.22. The first-order chi connectivity index (χ1) is 8.20. The molecule has 3 heteroatoms. The maximum atomic E-state index is 11.8. The number of hydrogen-bond acceptors (Lipinski definition) is 3. The lowest BCUT2D eigenvalue weighted by molar-refractivity contribution is -0.156. The number of ether oxygens (including phenoxy) is 1. The molecule has 0 spiro atoms. The van der Waals surface area contributed by atoms with E-state index in [-0.39, 0.29) is 5.97 Å². The van der Waals surface area contributed by atoms with Gasteiger partial charge in [0.25, 0.3) is 0 Å². The second kappa shape index (κ2) is 5.53. The minimum atomic E-state index is -0.717. The Kier molecular flexibility index (Phi) is 4.52. The first kappa shape index (κ1) is 14.7. The Morgan fingerprint density at radius 2 is 1.56 bits per heavy atom. The highest BCUT2D eigenvalue weighted by atomic mass is 16.6. The zero-order valence-corrected chi connectivity index (χ0v) is 11.9. The van der Waals surface area contributed by atoms with Crippen LogP contribution in [0.3, 0.4) is 0 Å². The van der Waals surface area contributed by atoms with Gasteiger partial charge in [0.2, 0.25) is 0 Å². The molecular weight excluding hydrogens is 226 g/mol. The van der Waals surface area contributed by atoms with Crippen molar-refractivity contribution in [1.29, 1.82) is 0 Å². The van der Waals surface area contributed by atoms with E-state index in [1.54, 1.807) is 0 Å². The van der Waals surface area contributed by atoms with Gasteiger partial charge >= 0.3 is 5.97 Å². The third kappa shape index (κ3) is 4.15. The topological polar surface area (TPSA) is 52.3 Å². The van der Waals surface area contributed by atoms with Gasteiger partial charge in [-0.05, 0) is 37.8 Å². The van der Waals surface area contributed by atoms with Crippen molar-refractivity contribution in [3.8, 4) is 0 Å². The van der Waals surface area contributed by atoms with E-state index in [9.17, 15) is 4.79 Å². The average Bonchev–Trinajstić information content (AvgIpc) is 2.26. The summed E-state index contributed by atoms with van der Waals surface area (Å²) in [5.74, 6) is 0.0802. The highest BCUT2D eigenvalue weighted by molar-refractivity contribution is 5.77. The molecule has 1 aromatic carbocycles. The fraction of sp³-hybridized carbons (Fsp3) is 0.533. The van der Waals surface area contributed by atoms with Crippen molar-refractivity contribution in [3.63, 3.8) is 0 Å². The van der Waals surface area contributed by atoms with Crippen molar-refractivity contribution in [2.45, 2.75) is 52.2 Å². The molecule has 1 atom stereocenters. The van der Waals surface area contributed by atoms with Gasteiger partial charge in [0.05, 0.1) is 0 Å². The van der Waals surface area contributed by atoms with Gasteiger partial charge in [-0.2, -0.15) is 0 Å². The van der Waals surface area contributed by atoms with Crippen molar-refractivity contribution in [2.75, 3.05) is 0 Å². The minimum absolute atomic E-state index is 0.389. The summed E-state index contributed by atoms with van der Waals surface area (Å²) in [7, 11) is 0. The van der Waals surface area contributed by atoms with Crippen LogP contribution < -0.4 is 5.73 Å². The number of benzene rings is 1. The molecule has 0 aromatic heterocycles. The van der Waals surface area contributed by atoms with Crippen LogP contribution in [0.1, 0.15) is 57.7 Å². The molecule has 1 aromatic rings. The predicted octanol–water partition coefficient (Wildman–Crippen LogP) is 3.15. The molecule has 1 unspecified atom stereocenters. The largest absolute Gasteiger partial charge is 0.459 e. The molecule has 2 N–H and O–H groups in total. The second-order valence-electron chi connectivity index (χ2n) is 5.83. The monoisotopic (exact) mass is 249 g/mol. The molecule has 0 fully saturated rings. The predicted molar refractivity (Wildman–Crippen MR) is 73.3 cm³/mol. The molecular formula is C15H23NO2. The summed E-state index contributed by atoms with van der Waals surface area (Å²) in [6.07, 6.45) is 0. The summed E-state index contributed by atoms with van der Waals surface area (Å²) in [6, 6.07) is 7.08. The maximum Gasteiger partial charge on any atom is 0.328 e. The summed E-state index contributed by atoms with van der Waals surface area (Å²) in [6.45, 7) is 9.75. The van der Waals surface area contributed by atoms with Crippen LogP contribution in [0.2, 0.25) is 0 Å². The van der Waals surface area contributed by atoms with Crippen LogP contribution in [0.5, 0.6) is 0 Å². The standard InChI is InChI=1S/C15H23NO2/c1-10(2)11-6-8-12(9-7-11)13(16)14(17)18-15(3,4)5/h6-10,13H,16H2,1-5H3. The highest BCUT2D eigenvalue weighted by Gasteiger charge is 2.23. The zero-order chi connectivity index (χ0) is 13.9. The van der Waals surface area contributed by atoms with E-state index in [4.69, 9.17) is 10.5 Å². The number of carbonyl (C=O) groups is 1. The molecule has 100 valence electrons. The summed E-state index contributed by atoms with van der Waals surface area (Å²) < 4.78 is 5.27. The Labute approximate surface area is 109 Å². The Hall–Kier alpha value is -1.35. The van der Waals surface area contributed by atoms with Gasteiger partial charge in [0.1, 0.15) is 11.6 Å². The van der Waals surface area contributed by atoms with Crippen molar-refractivity contribution >= 4 is 5.97 Å². The van der Waals surface area contributed by atoms with Crippen molar-refractivity contribution < 1.29 is 9.53 Å². The third-order valence-corrected chi connectivity index (χ3v) is 2.62. The van der Waals surface area contributed by atoms with Gasteiger partial charge in [-0.25, -0.2) is 4.79 Å².